The number of nitrogens with two attached hydrogens (primary N) is 1. The first-order valence-corrected chi connectivity index (χ1v) is 11.0. The van der Waals surface area contributed by atoms with Crippen LogP contribution in [0.4, 0.5) is 0 Å². The van der Waals surface area contributed by atoms with Crippen molar-refractivity contribution in [2.24, 2.45) is 16.8 Å². The van der Waals surface area contributed by atoms with Gasteiger partial charge in [0.15, 0.2) is 33.6 Å². The summed E-state index contributed by atoms with van der Waals surface area (Å²) >= 11 is 2.18. The lowest BCUT2D eigenvalue weighted by atomic mass is 9.90. The zero-order chi connectivity index (χ0) is 23.1. The summed E-state index contributed by atoms with van der Waals surface area (Å²) in [6, 6.07) is 0. The van der Waals surface area contributed by atoms with Gasteiger partial charge in [-0.2, -0.15) is 4.37 Å². The minimum atomic E-state index is -1.37. The monoisotopic (exact) mass is 469 g/mol. The van der Waals surface area contributed by atoms with E-state index >= 15 is 0 Å². The highest BCUT2D eigenvalue weighted by Gasteiger charge is 2.61. The predicted octanol–water partition coefficient (Wildman–Crippen LogP) is 0.253. The van der Waals surface area contributed by atoms with E-state index in [1.807, 2.05) is 0 Å². The molecular formula is C18H23N5O6S2. The number of fused-ring (bicyclic) bond motifs is 1. The molecule has 0 aliphatic carbocycles. The van der Waals surface area contributed by atoms with Crippen LogP contribution in [0.3, 0.4) is 0 Å². The van der Waals surface area contributed by atoms with Crippen molar-refractivity contribution in [3.63, 3.8) is 0 Å². The molecule has 3 rings (SSSR count). The maximum Gasteiger partial charge on any atom is 0.338 e. The highest BCUT2D eigenvalue weighted by molar-refractivity contribution is 8.02. The first-order valence-electron chi connectivity index (χ1n) is 9.36. The first-order chi connectivity index (χ1) is 14.4. The molecular weight excluding hydrogens is 446 g/mol. The number of esters is 1. The molecule has 1 amide bonds. The molecule has 2 aliphatic heterocycles. The summed E-state index contributed by atoms with van der Waals surface area (Å²) in [5, 5.41) is 4.08. The summed E-state index contributed by atoms with van der Waals surface area (Å²) in [5.74, 6) is -2.32. The Hall–Kier alpha value is -2.38. The largest absolute Gasteiger partial charge is 0.467 e. The van der Waals surface area contributed by atoms with E-state index in [0.29, 0.717) is 5.01 Å². The molecule has 1 unspecified atom stereocenters. The van der Waals surface area contributed by atoms with Crippen molar-refractivity contribution in [3.8, 4) is 0 Å². The zero-order valence-corrected chi connectivity index (χ0v) is 19.3. The van der Waals surface area contributed by atoms with Crippen LogP contribution in [0.5, 0.6) is 0 Å². The van der Waals surface area contributed by atoms with Gasteiger partial charge in [-0.15, -0.1) is 11.8 Å². The van der Waals surface area contributed by atoms with Crippen LogP contribution in [0, 0.1) is 12.8 Å². The van der Waals surface area contributed by atoms with Gasteiger partial charge in [0, 0.05) is 6.42 Å². The number of carbonyl (C=O) groups excluding carboxylic acids is 4. The normalized spacial score (nSPS) is 25.7. The van der Waals surface area contributed by atoms with Crippen LogP contribution < -0.4 is 5.73 Å². The number of thioether (sulfide) groups is 1. The van der Waals surface area contributed by atoms with Crippen molar-refractivity contribution >= 4 is 52.4 Å². The van der Waals surface area contributed by atoms with Gasteiger partial charge in [0.2, 0.25) is 5.91 Å². The van der Waals surface area contributed by atoms with Crippen molar-refractivity contribution in [1.29, 1.82) is 0 Å². The fourth-order valence-electron chi connectivity index (χ4n) is 3.02. The number of aromatic nitrogens is 2. The Bertz CT molecular complexity index is 976. The number of hydrogen-bond acceptors (Lipinski definition) is 12. The van der Waals surface area contributed by atoms with E-state index in [0.717, 1.165) is 23.3 Å². The van der Waals surface area contributed by atoms with E-state index in [9.17, 15) is 19.2 Å². The van der Waals surface area contributed by atoms with Gasteiger partial charge in [-0.05, 0) is 39.2 Å². The molecule has 1 aromatic rings. The van der Waals surface area contributed by atoms with E-state index in [1.165, 1.54) is 32.8 Å². The van der Waals surface area contributed by atoms with Crippen molar-refractivity contribution in [2.45, 2.75) is 50.0 Å². The molecule has 0 bridgehead atoms. The van der Waals surface area contributed by atoms with Crippen LogP contribution in [0.1, 0.15) is 38.0 Å². The topological polar surface area (TPSA) is 154 Å². The second kappa shape index (κ2) is 8.28. The molecule has 0 radical (unpaired) electrons. The zero-order valence-electron chi connectivity index (χ0n) is 17.7. The number of Topliss-reactive ketones (excluding diaryl/α,β-unsaturated/α-hetero) is 2. The van der Waals surface area contributed by atoms with Gasteiger partial charge in [-0.3, -0.25) is 14.4 Å². The van der Waals surface area contributed by atoms with Gasteiger partial charge in [0.1, 0.15) is 5.01 Å². The van der Waals surface area contributed by atoms with E-state index in [1.54, 1.807) is 6.92 Å². The highest BCUT2D eigenvalue weighted by atomic mass is 32.2. The number of amides is 1. The lowest BCUT2D eigenvalue weighted by Crippen LogP contribution is -2.58. The number of aryl methyl sites for hydroxylation is 1. The van der Waals surface area contributed by atoms with E-state index < -0.39 is 33.5 Å². The summed E-state index contributed by atoms with van der Waals surface area (Å²) in [7, 11) is 1.23. The molecule has 0 aromatic carbocycles. The Morgan fingerprint density at radius 2 is 2.06 bits per heavy atom. The van der Waals surface area contributed by atoms with E-state index in [4.69, 9.17) is 15.3 Å². The van der Waals surface area contributed by atoms with Gasteiger partial charge in [0.05, 0.1) is 24.9 Å². The number of nitrogens with zero attached hydrogens (tertiary/aromatic N) is 4. The smallest absolute Gasteiger partial charge is 0.338 e. The summed E-state index contributed by atoms with van der Waals surface area (Å²) in [5.41, 5.74) is 4.67. The molecule has 11 nitrogen and oxygen atoms in total. The van der Waals surface area contributed by atoms with Crippen molar-refractivity contribution < 1.29 is 28.8 Å². The number of ether oxygens (including phenoxy) is 1. The lowest BCUT2D eigenvalue weighted by Gasteiger charge is -2.41. The number of rotatable bonds is 8. The third-order valence-electron chi connectivity index (χ3n) is 5.14. The number of ketones is 2. The molecule has 168 valence electrons. The van der Waals surface area contributed by atoms with Gasteiger partial charge < -0.3 is 20.2 Å². The van der Waals surface area contributed by atoms with Crippen LogP contribution in [0.25, 0.3) is 0 Å². The SMILES string of the molecule is COC(=O)[C@@]1(N)CN2C(=O)[C@@H](CC(=O)/C(=N\OC(C)(C)C(C)=O)c3nsc(C)n3)C2S1. The van der Waals surface area contributed by atoms with E-state index in [2.05, 4.69) is 14.5 Å². The predicted molar refractivity (Wildman–Crippen MR) is 112 cm³/mol. The Morgan fingerprint density at radius 1 is 1.39 bits per heavy atom. The quantitative estimate of drug-likeness (QED) is 0.242. The van der Waals surface area contributed by atoms with Gasteiger partial charge in [-0.25, -0.2) is 9.78 Å². The molecule has 0 spiro atoms. The lowest BCUT2D eigenvalue weighted by molar-refractivity contribution is -0.152. The van der Waals surface area contributed by atoms with Crippen LogP contribution in [0.15, 0.2) is 5.16 Å². The van der Waals surface area contributed by atoms with Crippen LogP contribution in [-0.4, -0.2) is 72.9 Å². The third kappa shape index (κ3) is 4.34. The maximum absolute atomic E-state index is 13.1. The van der Waals surface area contributed by atoms with Crippen molar-refractivity contribution in [1.82, 2.24) is 14.3 Å². The Balaban J connectivity index is 1.79. The molecule has 31 heavy (non-hydrogen) atoms. The minimum Gasteiger partial charge on any atom is -0.467 e. The van der Waals surface area contributed by atoms with Crippen molar-refractivity contribution in [2.75, 3.05) is 13.7 Å². The molecule has 2 saturated heterocycles. The third-order valence-corrected chi connectivity index (χ3v) is 7.30. The fourth-order valence-corrected chi connectivity index (χ4v) is 5.00. The van der Waals surface area contributed by atoms with Crippen LogP contribution >= 0.6 is 23.3 Å². The number of methoxy groups -OCH3 is 1. The molecule has 3 heterocycles. The number of carbonyl (C=O) groups is 4. The molecule has 2 fully saturated rings. The molecule has 13 heteroatoms. The number of oxime groups is 1. The second-order valence-electron chi connectivity index (χ2n) is 7.82. The Kier molecular flexibility index (Phi) is 6.22. The number of hydrogen-bond donors (Lipinski definition) is 1. The molecule has 2 aliphatic rings. The standard InChI is InChI=1S/C18H23N5O6S2/c1-8(24)17(3,4)29-21-12(13-20-9(2)31-22-13)11(25)6-10-14(26)23-7-18(19,16(27)28-5)30-15(10)23/h10,15H,6-7,19H2,1-5H3/b21-12+/t10-,15?,18-/m1/s1. The highest BCUT2D eigenvalue weighted by Crippen LogP contribution is 2.48. The molecule has 0 saturated carbocycles. The Morgan fingerprint density at radius 3 is 2.61 bits per heavy atom. The summed E-state index contributed by atoms with van der Waals surface area (Å²) in [4.78, 5) is 58.9. The fraction of sp³-hybridized carbons (Fsp3) is 0.611. The molecule has 2 N–H and O–H groups in total. The maximum atomic E-state index is 13.1. The summed E-state index contributed by atoms with van der Waals surface area (Å²) < 4.78 is 8.84. The minimum absolute atomic E-state index is 0.0161. The Labute approximate surface area is 186 Å². The average molecular weight is 470 g/mol. The number of β-lactam (4-membered cyclic amide) rings is 1. The van der Waals surface area contributed by atoms with E-state index in [-0.39, 0.29) is 36.2 Å². The van der Waals surface area contributed by atoms with Gasteiger partial charge in [-0.1, -0.05) is 5.16 Å². The summed E-state index contributed by atoms with van der Waals surface area (Å²) in [6.45, 7) is 6.14. The molecule has 3 atom stereocenters. The summed E-state index contributed by atoms with van der Waals surface area (Å²) in [6.07, 6.45) is -0.189. The van der Waals surface area contributed by atoms with Crippen LogP contribution in [0.2, 0.25) is 0 Å². The molecule has 1 aromatic heterocycles. The van der Waals surface area contributed by atoms with Crippen LogP contribution in [-0.2, 0) is 28.8 Å². The first kappa shape index (κ1) is 23.3. The second-order valence-corrected chi connectivity index (χ2v) is 10.2. The van der Waals surface area contributed by atoms with Gasteiger partial charge in [0.25, 0.3) is 0 Å². The van der Waals surface area contributed by atoms with Crippen molar-refractivity contribution in [3.05, 3.63) is 10.8 Å². The average Bonchev–Trinajstić information content (AvgIpc) is 3.27. The van der Waals surface area contributed by atoms with Gasteiger partial charge >= 0.3 is 5.97 Å².